The Kier molecular flexibility index (Phi) is 4.69. The molecule has 1 saturated heterocycles. The Hall–Kier alpha value is -3.75. The van der Waals surface area contributed by atoms with Gasteiger partial charge in [-0.3, -0.25) is 24.4 Å². The number of carbonyl (C=O) groups excluding carboxylic acids is 3. The second-order valence-corrected chi connectivity index (χ2v) is 8.63. The highest BCUT2D eigenvalue weighted by atomic mass is 16.2. The second kappa shape index (κ2) is 7.44. The number of aryl methyl sites for hydroxylation is 1. The number of nitrogens with zero attached hydrogens (tertiary/aromatic N) is 5. The van der Waals surface area contributed by atoms with Gasteiger partial charge in [-0.05, 0) is 38.0 Å². The van der Waals surface area contributed by atoms with Gasteiger partial charge in [0, 0.05) is 48.9 Å². The van der Waals surface area contributed by atoms with Crippen LogP contribution in [-0.4, -0.2) is 48.0 Å². The second-order valence-electron chi connectivity index (χ2n) is 8.63. The summed E-state index contributed by atoms with van der Waals surface area (Å²) < 4.78 is 3.87. The topological polar surface area (TPSA) is 102 Å². The van der Waals surface area contributed by atoms with Gasteiger partial charge in [0.15, 0.2) is 0 Å². The predicted octanol–water partition coefficient (Wildman–Crippen LogP) is 2.29. The number of imidazole rings is 1. The Balaban J connectivity index is 1.48. The molecule has 5 rings (SSSR count). The Morgan fingerprint density at radius 3 is 2.69 bits per heavy atom. The van der Waals surface area contributed by atoms with E-state index in [9.17, 15) is 14.4 Å². The van der Waals surface area contributed by atoms with E-state index in [0.29, 0.717) is 18.5 Å². The third-order valence-corrected chi connectivity index (χ3v) is 6.14. The summed E-state index contributed by atoms with van der Waals surface area (Å²) in [7, 11) is 1.94. The van der Waals surface area contributed by atoms with Crippen molar-refractivity contribution in [3.05, 3.63) is 48.0 Å². The molecule has 1 fully saturated rings. The van der Waals surface area contributed by atoms with E-state index in [2.05, 4.69) is 29.2 Å². The third-order valence-electron chi connectivity index (χ3n) is 6.14. The van der Waals surface area contributed by atoms with Crippen LogP contribution in [0.1, 0.15) is 48.7 Å². The summed E-state index contributed by atoms with van der Waals surface area (Å²) in [6.07, 6.45) is 6.20. The fraction of sp³-hybridized carbons (Fsp3) is 0.348. The van der Waals surface area contributed by atoms with Gasteiger partial charge >= 0.3 is 0 Å². The molecule has 1 aromatic carbocycles. The van der Waals surface area contributed by atoms with Crippen LogP contribution in [0, 0.1) is 0 Å². The van der Waals surface area contributed by atoms with Crippen molar-refractivity contribution in [3.8, 4) is 22.5 Å². The van der Waals surface area contributed by atoms with E-state index in [0.717, 1.165) is 28.1 Å². The molecule has 3 amide bonds. The number of imide groups is 1. The number of benzene rings is 1. The Morgan fingerprint density at radius 1 is 1.16 bits per heavy atom. The molecule has 2 aliphatic rings. The van der Waals surface area contributed by atoms with Gasteiger partial charge in [0.05, 0.1) is 23.9 Å². The number of fused-ring (bicyclic) bond motifs is 1. The lowest BCUT2D eigenvalue weighted by Gasteiger charge is -2.29. The van der Waals surface area contributed by atoms with Gasteiger partial charge in [0.2, 0.25) is 11.8 Å². The maximum atomic E-state index is 13.0. The number of piperidine rings is 1. The molecule has 0 bridgehead atoms. The Labute approximate surface area is 185 Å². The predicted molar refractivity (Wildman–Crippen MR) is 116 cm³/mol. The van der Waals surface area contributed by atoms with Gasteiger partial charge in [-0.1, -0.05) is 6.07 Å². The smallest absolute Gasteiger partial charge is 0.255 e. The highest BCUT2D eigenvalue weighted by Gasteiger charge is 2.39. The SMILES string of the molecule is CC(C)n1cc(-c2c(-c3ccc4c(c3)CN([C@H]3CCC(=O)NC3=O)C4=O)ncn2C)cn1. The molecule has 0 radical (unpaired) electrons. The van der Waals surface area contributed by atoms with Crippen molar-refractivity contribution in [2.75, 3.05) is 0 Å². The van der Waals surface area contributed by atoms with Crippen molar-refractivity contribution in [3.63, 3.8) is 0 Å². The molecule has 0 aliphatic carbocycles. The molecule has 2 aromatic heterocycles. The van der Waals surface area contributed by atoms with Crippen LogP contribution in [0.2, 0.25) is 0 Å². The van der Waals surface area contributed by atoms with E-state index in [1.54, 1.807) is 17.3 Å². The van der Waals surface area contributed by atoms with Crippen LogP contribution in [0.3, 0.4) is 0 Å². The van der Waals surface area contributed by atoms with Crippen molar-refractivity contribution < 1.29 is 14.4 Å². The number of hydrogen-bond acceptors (Lipinski definition) is 5. The quantitative estimate of drug-likeness (QED) is 0.638. The van der Waals surface area contributed by atoms with Crippen LogP contribution in [0.15, 0.2) is 36.9 Å². The molecular formula is C23H24N6O3. The first-order valence-corrected chi connectivity index (χ1v) is 10.7. The van der Waals surface area contributed by atoms with Gasteiger partial charge in [0.1, 0.15) is 6.04 Å². The van der Waals surface area contributed by atoms with Crippen LogP contribution >= 0.6 is 0 Å². The minimum atomic E-state index is -0.622. The molecule has 2 aliphatic heterocycles. The summed E-state index contributed by atoms with van der Waals surface area (Å²) in [6.45, 7) is 4.49. The monoisotopic (exact) mass is 432 g/mol. The molecule has 4 heterocycles. The normalized spacial score (nSPS) is 18.4. The average molecular weight is 432 g/mol. The molecule has 3 aromatic rings. The summed E-state index contributed by atoms with van der Waals surface area (Å²) >= 11 is 0. The number of aromatic nitrogens is 4. The molecule has 0 unspecified atom stereocenters. The molecule has 1 atom stereocenters. The fourth-order valence-electron chi connectivity index (χ4n) is 4.45. The Morgan fingerprint density at radius 2 is 1.97 bits per heavy atom. The molecule has 32 heavy (non-hydrogen) atoms. The first-order valence-electron chi connectivity index (χ1n) is 10.7. The number of carbonyl (C=O) groups is 3. The number of hydrogen-bond donors (Lipinski definition) is 1. The van der Waals surface area contributed by atoms with E-state index in [4.69, 9.17) is 0 Å². The van der Waals surface area contributed by atoms with E-state index in [-0.39, 0.29) is 24.3 Å². The molecule has 1 N–H and O–H groups in total. The van der Waals surface area contributed by atoms with Crippen molar-refractivity contribution >= 4 is 17.7 Å². The molecular weight excluding hydrogens is 408 g/mol. The van der Waals surface area contributed by atoms with Crippen molar-refractivity contribution in [2.45, 2.75) is 45.3 Å². The maximum Gasteiger partial charge on any atom is 0.255 e. The van der Waals surface area contributed by atoms with Gasteiger partial charge in [0.25, 0.3) is 5.91 Å². The summed E-state index contributed by atoms with van der Waals surface area (Å²) in [6, 6.07) is 5.30. The van der Waals surface area contributed by atoms with Gasteiger partial charge < -0.3 is 9.47 Å². The van der Waals surface area contributed by atoms with Crippen LogP contribution in [0.25, 0.3) is 22.5 Å². The minimum Gasteiger partial charge on any atom is -0.333 e. The lowest BCUT2D eigenvalue weighted by atomic mass is 10.0. The molecule has 0 saturated carbocycles. The molecule has 9 heteroatoms. The van der Waals surface area contributed by atoms with Gasteiger partial charge in [-0.2, -0.15) is 5.10 Å². The summed E-state index contributed by atoms with van der Waals surface area (Å²) in [5.74, 6) is -0.876. The fourth-order valence-corrected chi connectivity index (χ4v) is 4.45. The van der Waals surface area contributed by atoms with Crippen molar-refractivity contribution in [1.82, 2.24) is 29.5 Å². The highest BCUT2D eigenvalue weighted by molar-refractivity contribution is 6.05. The number of rotatable bonds is 4. The standard InChI is InChI=1S/C23H24N6O3/c1-13(2)29-11-16(9-25-29)21-20(24-12-27(21)3)14-4-5-17-15(8-14)10-28(23(17)32)18-6-7-19(30)26-22(18)31/h4-5,8-9,11-13,18H,6-7,10H2,1-3H3,(H,26,30,31)/t18-/m0/s1. The first kappa shape index (κ1) is 20.2. The molecule has 9 nitrogen and oxygen atoms in total. The van der Waals surface area contributed by atoms with Crippen LogP contribution < -0.4 is 5.32 Å². The van der Waals surface area contributed by atoms with Gasteiger partial charge in [-0.15, -0.1) is 0 Å². The lowest BCUT2D eigenvalue weighted by Crippen LogP contribution is -2.52. The lowest BCUT2D eigenvalue weighted by molar-refractivity contribution is -0.136. The van der Waals surface area contributed by atoms with Crippen molar-refractivity contribution in [2.24, 2.45) is 7.05 Å². The number of nitrogens with one attached hydrogen (secondary N) is 1. The largest absolute Gasteiger partial charge is 0.333 e. The third kappa shape index (κ3) is 3.21. The average Bonchev–Trinajstić information content (AvgIpc) is 3.45. The maximum absolute atomic E-state index is 13.0. The molecule has 164 valence electrons. The summed E-state index contributed by atoms with van der Waals surface area (Å²) in [5.41, 5.74) is 5.06. The van der Waals surface area contributed by atoms with Crippen LogP contribution in [0.5, 0.6) is 0 Å². The van der Waals surface area contributed by atoms with E-state index >= 15 is 0 Å². The van der Waals surface area contributed by atoms with Crippen LogP contribution in [0.4, 0.5) is 0 Å². The number of amides is 3. The molecule has 0 spiro atoms. The van der Waals surface area contributed by atoms with Gasteiger partial charge in [-0.25, -0.2) is 4.98 Å². The van der Waals surface area contributed by atoms with Crippen LogP contribution in [-0.2, 0) is 23.2 Å². The van der Waals surface area contributed by atoms with E-state index in [1.165, 1.54) is 0 Å². The zero-order chi connectivity index (χ0) is 22.6. The summed E-state index contributed by atoms with van der Waals surface area (Å²) in [4.78, 5) is 42.9. The summed E-state index contributed by atoms with van der Waals surface area (Å²) in [5, 5.41) is 6.79. The van der Waals surface area contributed by atoms with Crippen molar-refractivity contribution in [1.29, 1.82) is 0 Å². The zero-order valence-corrected chi connectivity index (χ0v) is 18.2. The minimum absolute atomic E-state index is 0.180. The highest BCUT2D eigenvalue weighted by Crippen LogP contribution is 2.35. The van der Waals surface area contributed by atoms with E-state index in [1.807, 2.05) is 40.8 Å². The zero-order valence-electron chi connectivity index (χ0n) is 18.2. The Bertz CT molecular complexity index is 1250. The van der Waals surface area contributed by atoms with E-state index < -0.39 is 11.9 Å². The first-order chi connectivity index (χ1) is 15.3.